The van der Waals surface area contributed by atoms with Crippen molar-refractivity contribution >= 4 is 0 Å². The molecule has 0 unspecified atom stereocenters. The van der Waals surface area contributed by atoms with Gasteiger partial charge in [0.15, 0.2) is 0 Å². The van der Waals surface area contributed by atoms with Crippen LogP contribution in [0.3, 0.4) is 0 Å². The fraction of sp³-hybridized carbons (Fsp3) is 0.0667. The number of rotatable bonds is 2. The first kappa shape index (κ1) is 11.7. The Bertz CT molecular complexity index is 663. The molecule has 0 bridgehead atoms. The molecule has 0 radical (unpaired) electrons. The summed E-state index contributed by atoms with van der Waals surface area (Å²) in [6.07, 6.45) is 0. The van der Waals surface area contributed by atoms with Crippen LogP contribution in [0.25, 0.3) is 11.1 Å². The van der Waals surface area contributed by atoms with Crippen LogP contribution < -0.4 is 4.74 Å². The van der Waals surface area contributed by atoms with Crippen LogP contribution in [0.2, 0.25) is 0 Å². The maximum Gasteiger partial charge on any atom is 0.126 e. The molecule has 2 aromatic rings. The topological polar surface area (TPSA) is 56.8 Å². The smallest absolute Gasteiger partial charge is 0.126 e. The monoisotopic (exact) mass is 234 g/mol. The lowest BCUT2D eigenvalue weighted by Gasteiger charge is -2.10. The van der Waals surface area contributed by atoms with Crippen molar-refractivity contribution in [1.82, 2.24) is 0 Å². The third-order valence-electron chi connectivity index (χ3n) is 2.69. The SMILES string of the molecule is COc1ccccc1-c1cccc(C#N)c1C#N. The predicted octanol–water partition coefficient (Wildman–Crippen LogP) is 3.11. The van der Waals surface area contributed by atoms with Gasteiger partial charge in [0, 0.05) is 11.1 Å². The molecule has 0 aliphatic carbocycles. The molecule has 2 aromatic carbocycles. The minimum atomic E-state index is 0.376. The summed E-state index contributed by atoms with van der Waals surface area (Å²) in [6, 6.07) is 16.8. The van der Waals surface area contributed by atoms with Gasteiger partial charge in [0.25, 0.3) is 0 Å². The Kier molecular flexibility index (Phi) is 3.27. The zero-order valence-electron chi connectivity index (χ0n) is 9.84. The second-order valence-electron chi connectivity index (χ2n) is 3.65. The van der Waals surface area contributed by atoms with E-state index in [-0.39, 0.29) is 0 Å². The van der Waals surface area contributed by atoms with Crippen LogP contribution in [-0.4, -0.2) is 7.11 Å². The van der Waals surface area contributed by atoms with Gasteiger partial charge in [-0.25, -0.2) is 0 Å². The lowest BCUT2D eigenvalue weighted by atomic mass is 9.96. The van der Waals surface area contributed by atoms with E-state index in [2.05, 4.69) is 6.07 Å². The summed E-state index contributed by atoms with van der Waals surface area (Å²) in [5.41, 5.74) is 2.29. The number of nitriles is 2. The van der Waals surface area contributed by atoms with E-state index in [4.69, 9.17) is 10.00 Å². The van der Waals surface area contributed by atoms with E-state index in [1.807, 2.05) is 36.4 Å². The minimum Gasteiger partial charge on any atom is -0.496 e. The van der Waals surface area contributed by atoms with E-state index in [1.165, 1.54) is 0 Å². The third-order valence-corrected chi connectivity index (χ3v) is 2.69. The molecular formula is C15H10N2O. The Balaban J connectivity index is 2.73. The minimum absolute atomic E-state index is 0.376. The summed E-state index contributed by atoms with van der Waals surface area (Å²) in [5.74, 6) is 0.684. The van der Waals surface area contributed by atoms with E-state index in [0.717, 1.165) is 5.56 Å². The number of para-hydroxylation sites is 1. The van der Waals surface area contributed by atoms with Crippen molar-refractivity contribution < 1.29 is 4.74 Å². The van der Waals surface area contributed by atoms with Gasteiger partial charge < -0.3 is 4.74 Å². The fourth-order valence-corrected chi connectivity index (χ4v) is 1.86. The van der Waals surface area contributed by atoms with Crippen LogP contribution in [0.5, 0.6) is 5.75 Å². The Morgan fingerprint density at radius 3 is 2.28 bits per heavy atom. The summed E-state index contributed by atoms with van der Waals surface area (Å²) < 4.78 is 5.28. The highest BCUT2D eigenvalue weighted by Gasteiger charge is 2.12. The molecule has 0 aliphatic rings. The first-order valence-electron chi connectivity index (χ1n) is 5.38. The zero-order chi connectivity index (χ0) is 13.0. The van der Waals surface area contributed by atoms with Gasteiger partial charge in [0.2, 0.25) is 0 Å². The Labute approximate surface area is 105 Å². The van der Waals surface area contributed by atoms with Crippen molar-refractivity contribution in [3.05, 3.63) is 53.6 Å². The number of hydrogen-bond acceptors (Lipinski definition) is 3. The highest BCUT2D eigenvalue weighted by molar-refractivity contribution is 5.77. The normalized spacial score (nSPS) is 9.28. The maximum absolute atomic E-state index is 9.21. The van der Waals surface area contributed by atoms with E-state index in [0.29, 0.717) is 22.4 Å². The predicted molar refractivity (Wildman–Crippen MR) is 67.9 cm³/mol. The molecule has 3 nitrogen and oxygen atoms in total. The molecule has 0 aliphatic heterocycles. The van der Waals surface area contributed by atoms with Crippen molar-refractivity contribution in [2.75, 3.05) is 7.11 Å². The van der Waals surface area contributed by atoms with Crippen molar-refractivity contribution in [2.24, 2.45) is 0 Å². The zero-order valence-corrected chi connectivity index (χ0v) is 9.84. The standard InChI is InChI=1S/C15H10N2O/c1-18-15-8-3-2-6-13(15)12-7-4-5-11(9-16)14(12)10-17/h2-8H,1H3. The lowest BCUT2D eigenvalue weighted by molar-refractivity contribution is 0.416. The molecule has 86 valence electrons. The maximum atomic E-state index is 9.21. The van der Waals surface area contributed by atoms with Gasteiger partial charge in [-0.1, -0.05) is 30.3 Å². The van der Waals surface area contributed by atoms with Gasteiger partial charge in [-0.05, 0) is 12.1 Å². The van der Waals surface area contributed by atoms with Crippen LogP contribution in [-0.2, 0) is 0 Å². The van der Waals surface area contributed by atoms with Gasteiger partial charge >= 0.3 is 0 Å². The molecule has 2 rings (SSSR count). The fourth-order valence-electron chi connectivity index (χ4n) is 1.86. The Hall–Kier alpha value is -2.78. The Morgan fingerprint density at radius 2 is 1.61 bits per heavy atom. The first-order valence-corrected chi connectivity index (χ1v) is 5.38. The highest BCUT2D eigenvalue weighted by Crippen LogP contribution is 2.32. The van der Waals surface area contributed by atoms with Gasteiger partial charge in [-0.15, -0.1) is 0 Å². The largest absolute Gasteiger partial charge is 0.496 e. The van der Waals surface area contributed by atoms with E-state index in [1.54, 1.807) is 19.2 Å². The summed E-state index contributed by atoms with van der Waals surface area (Å²) >= 11 is 0. The summed E-state index contributed by atoms with van der Waals surface area (Å²) in [4.78, 5) is 0. The van der Waals surface area contributed by atoms with E-state index in [9.17, 15) is 5.26 Å². The second kappa shape index (κ2) is 5.03. The number of methoxy groups -OCH3 is 1. The average Bonchev–Trinajstić information content (AvgIpc) is 2.46. The van der Waals surface area contributed by atoms with Crippen LogP contribution >= 0.6 is 0 Å². The summed E-state index contributed by atoms with van der Waals surface area (Å²) in [7, 11) is 1.58. The van der Waals surface area contributed by atoms with E-state index < -0.39 is 0 Å². The number of benzene rings is 2. The van der Waals surface area contributed by atoms with Gasteiger partial charge in [0.1, 0.15) is 17.9 Å². The van der Waals surface area contributed by atoms with E-state index >= 15 is 0 Å². The third kappa shape index (κ3) is 1.90. The van der Waals surface area contributed by atoms with Crippen molar-refractivity contribution in [3.8, 4) is 29.0 Å². The van der Waals surface area contributed by atoms with Crippen molar-refractivity contribution in [3.63, 3.8) is 0 Å². The molecule has 18 heavy (non-hydrogen) atoms. The van der Waals surface area contributed by atoms with Gasteiger partial charge in [0.05, 0.1) is 18.2 Å². The summed E-state index contributed by atoms with van der Waals surface area (Å²) in [5, 5.41) is 18.2. The molecule has 0 saturated carbocycles. The Morgan fingerprint density at radius 1 is 0.889 bits per heavy atom. The van der Waals surface area contributed by atoms with Crippen molar-refractivity contribution in [1.29, 1.82) is 10.5 Å². The first-order chi connectivity index (χ1) is 8.81. The molecule has 3 heteroatoms. The number of ether oxygens (including phenoxy) is 1. The number of hydrogen-bond donors (Lipinski definition) is 0. The van der Waals surface area contributed by atoms with Crippen LogP contribution in [0.15, 0.2) is 42.5 Å². The second-order valence-corrected chi connectivity index (χ2v) is 3.65. The molecule has 0 saturated heterocycles. The highest BCUT2D eigenvalue weighted by atomic mass is 16.5. The van der Waals surface area contributed by atoms with Crippen molar-refractivity contribution in [2.45, 2.75) is 0 Å². The van der Waals surface area contributed by atoms with Crippen LogP contribution in [0.1, 0.15) is 11.1 Å². The molecular weight excluding hydrogens is 224 g/mol. The van der Waals surface area contributed by atoms with Crippen LogP contribution in [0.4, 0.5) is 0 Å². The molecule has 0 aromatic heterocycles. The molecule has 0 N–H and O–H groups in total. The molecule has 0 heterocycles. The summed E-state index contributed by atoms with van der Waals surface area (Å²) in [6.45, 7) is 0. The lowest BCUT2D eigenvalue weighted by Crippen LogP contribution is -1.92. The molecule has 0 fully saturated rings. The van der Waals surface area contributed by atoms with Crippen LogP contribution in [0, 0.1) is 22.7 Å². The van der Waals surface area contributed by atoms with Gasteiger partial charge in [-0.2, -0.15) is 10.5 Å². The molecule has 0 amide bonds. The number of nitrogens with zero attached hydrogens (tertiary/aromatic N) is 2. The van der Waals surface area contributed by atoms with Gasteiger partial charge in [-0.3, -0.25) is 0 Å². The average molecular weight is 234 g/mol. The molecule has 0 spiro atoms. The molecule has 0 atom stereocenters. The quantitative estimate of drug-likeness (QED) is 0.802.